The number of carbonyl (C=O) groups is 1. The lowest BCUT2D eigenvalue weighted by Gasteiger charge is -2.37. The molecule has 1 saturated heterocycles. The molecule has 3 aromatic heterocycles. The van der Waals surface area contributed by atoms with E-state index >= 15 is 0 Å². The number of para-hydroxylation sites is 1. The zero-order chi connectivity index (χ0) is 22.1. The van der Waals surface area contributed by atoms with Crippen molar-refractivity contribution in [2.24, 2.45) is 0 Å². The van der Waals surface area contributed by atoms with Crippen molar-refractivity contribution >= 4 is 16.8 Å². The van der Waals surface area contributed by atoms with Crippen molar-refractivity contribution in [1.29, 1.82) is 0 Å². The number of rotatable bonds is 4. The van der Waals surface area contributed by atoms with Crippen LogP contribution < -0.4 is 4.74 Å². The summed E-state index contributed by atoms with van der Waals surface area (Å²) in [6, 6.07) is 14.0. The number of carbonyl (C=O) groups excluding carboxylic acids is 1. The van der Waals surface area contributed by atoms with Gasteiger partial charge in [0, 0.05) is 43.0 Å². The van der Waals surface area contributed by atoms with Crippen molar-refractivity contribution in [3.63, 3.8) is 0 Å². The van der Waals surface area contributed by atoms with Crippen LogP contribution in [0.4, 0.5) is 8.78 Å². The van der Waals surface area contributed by atoms with E-state index in [0.717, 1.165) is 5.39 Å². The summed E-state index contributed by atoms with van der Waals surface area (Å²) in [5, 5.41) is 0.885. The monoisotopic (exact) mass is 435 g/mol. The molecule has 4 aromatic rings. The Labute approximate surface area is 182 Å². The SMILES string of the molecule is O=C(c1cc(-n2ccnc2)ccn1)N1CCC(F)(F)[C@@H](Oc2ccc3ccccc3n2)C1. The minimum Gasteiger partial charge on any atom is -0.466 e. The first-order valence-corrected chi connectivity index (χ1v) is 10.1. The van der Waals surface area contributed by atoms with E-state index < -0.39 is 24.4 Å². The molecular formula is C23H19F2N5O2. The van der Waals surface area contributed by atoms with E-state index in [-0.39, 0.29) is 24.7 Å². The third-order valence-electron chi connectivity index (χ3n) is 5.46. The minimum absolute atomic E-state index is 0.0895. The van der Waals surface area contributed by atoms with Gasteiger partial charge in [0.15, 0.2) is 6.10 Å². The quantitative estimate of drug-likeness (QED) is 0.488. The van der Waals surface area contributed by atoms with E-state index in [0.29, 0.717) is 11.2 Å². The Hall–Kier alpha value is -3.88. The molecule has 1 amide bonds. The Morgan fingerprint density at radius 3 is 2.84 bits per heavy atom. The van der Waals surface area contributed by atoms with Crippen molar-refractivity contribution in [2.45, 2.75) is 18.4 Å². The summed E-state index contributed by atoms with van der Waals surface area (Å²) in [4.78, 5) is 26.8. The van der Waals surface area contributed by atoms with Gasteiger partial charge in [-0.15, -0.1) is 0 Å². The van der Waals surface area contributed by atoms with Gasteiger partial charge in [0.25, 0.3) is 11.8 Å². The van der Waals surface area contributed by atoms with Crippen molar-refractivity contribution in [1.82, 2.24) is 24.4 Å². The number of ether oxygens (including phenoxy) is 1. The normalized spacial score (nSPS) is 17.9. The van der Waals surface area contributed by atoms with Crippen LogP contribution in [0.5, 0.6) is 5.88 Å². The van der Waals surface area contributed by atoms with Gasteiger partial charge in [-0.05, 0) is 24.3 Å². The first-order valence-electron chi connectivity index (χ1n) is 10.1. The first-order chi connectivity index (χ1) is 15.5. The smallest absolute Gasteiger partial charge is 0.287 e. The lowest BCUT2D eigenvalue weighted by Crippen LogP contribution is -2.55. The molecule has 1 aromatic carbocycles. The molecule has 32 heavy (non-hydrogen) atoms. The van der Waals surface area contributed by atoms with Crippen molar-refractivity contribution in [3.8, 4) is 11.6 Å². The number of likely N-dealkylation sites (tertiary alicyclic amines) is 1. The van der Waals surface area contributed by atoms with Gasteiger partial charge in [-0.3, -0.25) is 9.78 Å². The van der Waals surface area contributed by atoms with E-state index in [4.69, 9.17) is 4.74 Å². The number of nitrogens with zero attached hydrogens (tertiary/aromatic N) is 5. The van der Waals surface area contributed by atoms with Gasteiger partial charge in [0.05, 0.1) is 24.1 Å². The van der Waals surface area contributed by atoms with E-state index in [9.17, 15) is 13.6 Å². The summed E-state index contributed by atoms with van der Waals surface area (Å²) >= 11 is 0. The molecule has 1 fully saturated rings. The third-order valence-corrected chi connectivity index (χ3v) is 5.46. The summed E-state index contributed by atoms with van der Waals surface area (Å²) in [5.41, 5.74) is 1.53. The Bertz CT molecular complexity index is 1260. The third kappa shape index (κ3) is 3.89. The van der Waals surface area contributed by atoms with Crippen LogP contribution in [0.2, 0.25) is 0 Å². The van der Waals surface area contributed by atoms with Crippen LogP contribution in [-0.2, 0) is 0 Å². The van der Waals surface area contributed by atoms with Crippen LogP contribution in [-0.4, -0.2) is 55.4 Å². The second-order valence-electron chi connectivity index (χ2n) is 7.58. The van der Waals surface area contributed by atoms with Gasteiger partial charge >= 0.3 is 0 Å². The molecule has 0 N–H and O–H groups in total. The average Bonchev–Trinajstić information content (AvgIpc) is 3.35. The number of amides is 1. The van der Waals surface area contributed by atoms with Crippen molar-refractivity contribution in [3.05, 3.63) is 79.1 Å². The fourth-order valence-corrected chi connectivity index (χ4v) is 3.71. The molecule has 0 unspecified atom stereocenters. The fourth-order valence-electron chi connectivity index (χ4n) is 3.71. The van der Waals surface area contributed by atoms with E-state index in [1.807, 2.05) is 18.2 Å². The molecule has 0 bridgehead atoms. The number of imidazole rings is 1. The number of hydrogen-bond donors (Lipinski definition) is 0. The highest BCUT2D eigenvalue weighted by atomic mass is 19.3. The second kappa shape index (κ2) is 7.99. The molecule has 1 aliphatic rings. The van der Waals surface area contributed by atoms with E-state index in [1.165, 1.54) is 11.1 Å². The predicted octanol–water partition coefficient (Wildman–Crippen LogP) is 3.74. The number of piperidine rings is 1. The Morgan fingerprint density at radius 2 is 2.00 bits per heavy atom. The molecule has 9 heteroatoms. The molecule has 0 radical (unpaired) electrons. The molecule has 0 spiro atoms. The molecule has 0 saturated carbocycles. The predicted molar refractivity (Wildman–Crippen MR) is 113 cm³/mol. The highest BCUT2D eigenvalue weighted by Gasteiger charge is 2.47. The molecule has 7 nitrogen and oxygen atoms in total. The summed E-state index contributed by atoms with van der Waals surface area (Å²) < 4.78 is 36.6. The molecule has 1 atom stereocenters. The summed E-state index contributed by atoms with van der Waals surface area (Å²) in [7, 11) is 0. The zero-order valence-corrected chi connectivity index (χ0v) is 16.9. The number of aromatic nitrogens is 4. The highest BCUT2D eigenvalue weighted by Crippen LogP contribution is 2.32. The Morgan fingerprint density at radius 1 is 1.12 bits per heavy atom. The maximum atomic E-state index is 14.6. The van der Waals surface area contributed by atoms with Crippen LogP contribution in [0.1, 0.15) is 16.9 Å². The van der Waals surface area contributed by atoms with Crippen LogP contribution in [0.3, 0.4) is 0 Å². The number of fused-ring (bicyclic) bond motifs is 1. The lowest BCUT2D eigenvalue weighted by atomic mass is 10.0. The number of pyridine rings is 2. The Balaban J connectivity index is 1.36. The molecular weight excluding hydrogens is 416 g/mol. The maximum Gasteiger partial charge on any atom is 0.287 e. The van der Waals surface area contributed by atoms with Crippen LogP contribution >= 0.6 is 0 Å². The average molecular weight is 435 g/mol. The number of alkyl halides is 2. The van der Waals surface area contributed by atoms with Gasteiger partial charge in [0.2, 0.25) is 5.88 Å². The second-order valence-corrected chi connectivity index (χ2v) is 7.58. The number of hydrogen-bond acceptors (Lipinski definition) is 5. The molecule has 5 rings (SSSR count). The minimum atomic E-state index is -3.09. The number of halogens is 2. The van der Waals surface area contributed by atoms with Gasteiger partial charge in [0.1, 0.15) is 5.69 Å². The standard InChI is InChI=1S/C23H19F2N5O2/c24-23(25)8-11-29(22(31)19-13-17(7-9-27-19)30-12-10-26-15-30)14-20(23)32-21-6-5-16-3-1-2-4-18(16)28-21/h1-7,9-10,12-13,15,20H,8,11,14H2/t20-/m0/s1. The fraction of sp³-hybridized carbons (Fsp3) is 0.217. The van der Waals surface area contributed by atoms with Gasteiger partial charge in [-0.2, -0.15) is 0 Å². The number of benzene rings is 1. The molecule has 1 aliphatic heterocycles. The van der Waals surface area contributed by atoms with Crippen LogP contribution in [0, 0.1) is 0 Å². The largest absolute Gasteiger partial charge is 0.466 e. The van der Waals surface area contributed by atoms with Gasteiger partial charge in [-0.25, -0.2) is 18.7 Å². The maximum absolute atomic E-state index is 14.6. The lowest BCUT2D eigenvalue weighted by molar-refractivity contribution is -0.131. The molecule has 162 valence electrons. The summed E-state index contributed by atoms with van der Waals surface area (Å²) in [6.45, 7) is -0.356. The molecule has 4 heterocycles. The summed E-state index contributed by atoms with van der Waals surface area (Å²) in [5.74, 6) is -3.42. The van der Waals surface area contributed by atoms with E-state index in [1.54, 1.807) is 53.6 Å². The Kier molecular flexibility index (Phi) is 5.01. The van der Waals surface area contributed by atoms with Gasteiger partial charge in [-0.1, -0.05) is 18.2 Å². The van der Waals surface area contributed by atoms with Gasteiger partial charge < -0.3 is 14.2 Å². The molecule has 0 aliphatic carbocycles. The highest BCUT2D eigenvalue weighted by molar-refractivity contribution is 5.93. The van der Waals surface area contributed by atoms with Crippen LogP contribution in [0.25, 0.3) is 16.6 Å². The summed E-state index contributed by atoms with van der Waals surface area (Å²) in [6.07, 6.45) is 4.46. The zero-order valence-electron chi connectivity index (χ0n) is 16.9. The van der Waals surface area contributed by atoms with Crippen molar-refractivity contribution in [2.75, 3.05) is 13.1 Å². The topological polar surface area (TPSA) is 73.1 Å². The van der Waals surface area contributed by atoms with Crippen LogP contribution in [0.15, 0.2) is 73.4 Å². The van der Waals surface area contributed by atoms with E-state index in [2.05, 4.69) is 15.0 Å². The first kappa shape index (κ1) is 20.0. The van der Waals surface area contributed by atoms with Crippen molar-refractivity contribution < 1.29 is 18.3 Å².